The van der Waals surface area contributed by atoms with Gasteiger partial charge in [-0.15, -0.1) is 0 Å². The molecule has 0 aliphatic rings. The first-order valence-corrected chi connectivity index (χ1v) is 6.80. The van der Waals surface area contributed by atoms with E-state index in [-0.39, 0.29) is 17.2 Å². The molecular formula is C15H11BrFNO3. The second-order valence-electron chi connectivity index (χ2n) is 4.22. The van der Waals surface area contributed by atoms with Crippen LogP contribution in [0.1, 0.15) is 17.3 Å². The topological polar surface area (TPSA) is 55.4 Å². The highest BCUT2D eigenvalue weighted by Gasteiger charge is 2.14. The maximum Gasteiger partial charge on any atom is 0.346 e. The Morgan fingerprint density at radius 3 is 2.43 bits per heavy atom. The molecule has 0 aliphatic carbocycles. The van der Waals surface area contributed by atoms with Gasteiger partial charge in [0.25, 0.3) is 0 Å². The minimum absolute atomic E-state index is 0.157. The van der Waals surface area contributed by atoms with Gasteiger partial charge in [-0.3, -0.25) is 4.79 Å². The van der Waals surface area contributed by atoms with Crippen LogP contribution in [0.3, 0.4) is 0 Å². The van der Waals surface area contributed by atoms with Gasteiger partial charge in [0.2, 0.25) is 5.91 Å². The summed E-state index contributed by atoms with van der Waals surface area (Å²) in [7, 11) is 0. The summed E-state index contributed by atoms with van der Waals surface area (Å²) in [6.45, 7) is 1.39. The molecule has 0 saturated heterocycles. The van der Waals surface area contributed by atoms with E-state index in [0.29, 0.717) is 10.2 Å². The van der Waals surface area contributed by atoms with E-state index in [1.807, 2.05) is 0 Å². The lowest BCUT2D eigenvalue weighted by atomic mass is 10.2. The van der Waals surface area contributed by atoms with Crippen LogP contribution in [0.15, 0.2) is 46.9 Å². The molecule has 0 fully saturated rings. The third kappa shape index (κ3) is 4.13. The van der Waals surface area contributed by atoms with Gasteiger partial charge in [-0.2, -0.15) is 0 Å². The van der Waals surface area contributed by atoms with Crippen LogP contribution in [-0.2, 0) is 4.79 Å². The summed E-state index contributed by atoms with van der Waals surface area (Å²) < 4.78 is 19.2. The second-order valence-corrected chi connectivity index (χ2v) is 5.13. The lowest BCUT2D eigenvalue weighted by molar-refractivity contribution is -0.114. The van der Waals surface area contributed by atoms with Gasteiger partial charge in [0, 0.05) is 17.1 Å². The van der Waals surface area contributed by atoms with Crippen molar-refractivity contribution in [1.82, 2.24) is 0 Å². The average Bonchev–Trinajstić information content (AvgIpc) is 2.43. The number of esters is 1. The van der Waals surface area contributed by atoms with E-state index in [2.05, 4.69) is 21.2 Å². The molecule has 2 aromatic rings. The number of carbonyl (C=O) groups is 2. The lowest BCUT2D eigenvalue weighted by Gasteiger charge is -2.07. The molecule has 0 aliphatic heterocycles. The number of ether oxygens (including phenoxy) is 1. The van der Waals surface area contributed by atoms with E-state index in [4.69, 9.17) is 4.74 Å². The van der Waals surface area contributed by atoms with Gasteiger partial charge >= 0.3 is 5.97 Å². The van der Waals surface area contributed by atoms with Crippen molar-refractivity contribution in [3.8, 4) is 5.75 Å². The first-order chi connectivity index (χ1) is 9.95. The molecule has 0 heterocycles. The SMILES string of the molecule is CC(=O)Nc1ccc(OC(=O)c2cc(Br)ccc2F)cc1. The number of amides is 1. The number of hydrogen-bond donors (Lipinski definition) is 1. The molecule has 0 bridgehead atoms. The number of hydrogen-bond acceptors (Lipinski definition) is 3. The van der Waals surface area contributed by atoms with E-state index in [9.17, 15) is 14.0 Å². The normalized spacial score (nSPS) is 10.0. The molecule has 4 nitrogen and oxygen atoms in total. The first kappa shape index (κ1) is 15.2. The number of rotatable bonds is 3. The molecule has 0 aromatic heterocycles. The number of carbonyl (C=O) groups excluding carboxylic acids is 2. The summed E-state index contributed by atoms with van der Waals surface area (Å²) >= 11 is 3.17. The molecule has 6 heteroatoms. The Morgan fingerprint density at radius 2 is 1.81 bits per heavy atom. The van der Waals surface area contributed by atoms with Crippen LogP contribution in [-0.4, -0.2) is 11.9 Å². The fraction of sp³-hybridized carbons (Fsp3) is 0.0667. The van der Waals surface area contributed by atoms with E-state index < -0.39 is 11.8 Å². The standard InChI is InChI=1S/C15H11BrFNO3/c1-9(19)18-11-3-5-12(6-4-11)21-15(20)13-8-10(16)2-7-14(13)17/h2-8H,1H3,(H,18,19). The summed E-state index contributed by atoms with van der Waals surface area (Å²) in [6.07, 6.45) is 0. The van der Waals surface area contributed by atoms with Gasteiger partial charge in [0.05, 0.1) is 5.56 Å². The maximum atomic E-state index is 13.6. The molecular weight excluding hydrogens is 341 g/mol. The highest BCUT2D eigenvalue weighted by molar-refractivity contribution is 9.10. The van der Waals surface area contributed by atoms with E-state index in [0.717, 1.165) is 0 Å². The van der Waals surface area contributed by atoms with Crippen LogP contribution < -0.4 is 10.1 Å². The molecule has 21 heavy (non-hydrogen) atoms. The van der Waals surface area contributed by atoms with Gasteiger partial charge in [-0.25, -0.2) is 9.18 Å². The zero-order chi connectivity index (χ0) is 15.4. The zero-order valence-corrected chi connectivity index (χ0v) is 12.6. The number of nitrogens with one attached hydrogen (secondary N) is 1. The van der Waals surface area contributed by atoms with Crippen LogP contribution in [0.5, 0.6) is 5.75 Å². The molecule has 2 rings (SSSR count). The van der Waals surface area contributed by atoms with E-state index in [1.165, 1.54) is 37.3 Å². The molecule has 108 valence electrons. The van der Waals surface area contributed by atoms with Crippen molar-refractivity contribution in [2.45, 2.75) is 6.92 Å². The molecule has 1 N–H and O–H groups in total. The number of anilines is 1. The summed E-state index contributed by atoms with van der Waals surface area (Å²) in [5, 5.41) is 2.59. The highest BCUT2D eigenvalue weighted by Crippen LogP contribution is 2.20. The fourth-order valence-electron chi connectivity index (χ4n) is 1.63. The quantitative estimate of drug-likeness (QED) is 0.676. The summed E-state index contributed by atoms with van der Waals surface area (Å²) in [4.78, 5) is 22.8. The Hall–Kier alpha value is -2.21. The van der Waals surface area contributed by atoms with Gasteiger partial charge < -0.3 is 10.1 Å². The van der Waals surface area contributed by atoms with Gasteiger partial charge in [0.1, 0.15) is 11.6 Å². The molecule has 2 aromatic carbocycles. The second kappa shape index (κ2) is 6.49. The number of benzene rings is 2. The largest absolute Gasteiger partial charge is 0.423 e. The maximum absolute atomic E-state index is 13.6. The summed E-state index contributed by atoms with van der Waals surface area (Å²) in [5.41, 5.74) is 0.422. The van der Waals surface area contributed by atoms with Crippen molar-refractivity contribution in [2.24, 2.45) is 0 Å². The predicted molar refractivity (Wildman–Crippen MR) is 79.8 cm³/mol. The zero-order valence-electron chi connectivity index (χ0n) is 11.0. The molecule has 0 atom stereocenters. The molecule has 0 unspecified atom stereocenters. The Bertz CT molecular complexity index is 686. The van der Waals surface area contributed by atoms with Crippen LogP contribution in [0.2, 0.25) is 0 Å². The number of halogens is 2. The molecule has 1 amide bonds. The molecule has 0 spiro atoms. The highest BCUT2D eigenvalue weighted by atomic mass is 79.9. The van der Waals surface area contributed by atoms with Gasteiger partial charge in [-0.1, -0.05) is 15.9 Å². The van der Waals surface area contributed by atoms with Crippen molar-refractivity contribution >= 4 is 33.5 Å². The van der Waals surface area contributed by atoms with Crippen molar-refractivity contribution in [3.05, 3.63) is 58.3 Å². The van der Waals surface area contributed by atoms with Crippen molar-refractivity contribution in [1.29, 1.82) is 0 Å². The minimum Gasteiger partial charge on any atom is -0.423 e. The minimum atomic E-state index is -0.791. The lowest BCUT2D eigenvalue weighted by Crippen LogP contribution is -2.11. The molecule has 0 radical (unpaired) electrons. The third-order valence-electron chi connectivity index (χ3n) is 2.53. The Kier molecular flexibility index (Phi) is 4.70. The third-order valence-corrected chi connectivity index (χ3v) is 3.03. The van der Waals surface area contributed by atoms with E-state index in [1.54, 1.807) is 12.1 Å². The Morgan fingerprint density at radius 1 is 1.14 bits per heavy atom. The summed E-state index contributed by atoms with van der Waals surface area (Å²) in [5.74, 6) is -1.39. The Labute approximate surface area is 129 Å². The van der Waals surface area contributed by atoms with E-state index >= 15 is 0 Å². The smallest absolute Gasteiger partial charge is 0.346 e. The average molecular weight is 352 g/mol. The summed E-state index contributed by atoms with van der Waals surface area (Å²) in [6, 6.07) is 10.2. The van der Waals surface area contributed by atoms with Crippen molar-refractivity contribution in [2.75, 3.05) is 5.32 Å². The van der Waals surface area contributed by atoms with Crippen LogP contribution >= 0.6 is 15.9 Å². The van der Waals surface area contributed by atoms with Crippen molar-refractivity contribution < 1.29 is 18.7 Å². The van der Waals surface area contributed by atoms with Crippen LogP contribution in [0.4, 0.5) is 10.1 Å². The van der Waals surface area contributed by atoms with Gasteiger partial charge in [-0.05, 0) is 42.5 Å². The van der Waals surface area contributed by atoms with Crippen LogP contribution in [0.25, 0.3) is 0 Å². The van der Waals surface area contributed by atoms with Crippen molar-refractivity contribution in [3.63, 3.8) is 0 Å². The first-order valence-electron chi connectivity index (χ1n) is 6.00. The molecule has 0 saturated carbocycles. The van der Waals surface area contributed by atoms with Gasteiger partial charge in [0.15, 0.2) is 0 Å². The Balaban J connectivity index is 2.12. The predicted octanol–water partition coefficient (Wildman–Crippen LogP) is 3.77. The fourth-order valence-corrected chi connectivity index (χ4v) is 1.99. The van der Waals surface area contributed by atoms with Crippen LogP contribution in [0, 0.1) is 5.82 Å². The monoisotopic (exact) mass is 351 g/mol.